The molecule has 2 rings (SSSR count). The first-order valence-electron chi connectivity index (χ1n) is 6.81. The van der Waals surface area contributed by atoms with E-state index in [1.165, 1.54) is 0 Å². The number of benzene rings is 2. The Kier molecular flexibility index (Phi) is 4.81. The van der Waals surface area contributed by atoms with Crippen LogP contribution in [0, 0.1) is 6.92 Å². The number of sulfonamides is 1. The van der Waals surface area contributed by atoms with Gasteiger partial charge in [0.25, 0.3) is 10.0 Å². The minimum Gasteiger partial charge on any atom is -0.279 e. The fourth-order valence-electron chi connectivity index (χ4n) is 2.02. The van der Waals surface area contributed by atoms with E-state index >= 15 is 0 Å². The summed E-state index contributed by atoms with van der Waals surface area (Å²) in [7, 11) is -3.55. The molecule has 0 spiro atoms. The molecule has 0 unspecified atom stereocenters. The predicted molar refractivity (Wildman–Crippen MR) is 86.9 cm³/mol. The van der Waals surface area contributed by atoms with Crippen LogP contribution in [0.5, 0.6) is 0 Å². The zero-order chi connectivity index (χ0) is 15.3. The standard InChI is InChI=1S/C17H19NO2S/c1-3-4-7-15-8-5-6-9-17(15)18-21(19,20)16-12-10-14(2)11-13-16/h3,5-6,8-13,18H,1,4,7H2,2H3. The molecule has 110 valence electrons. The van der Waals surface area contributed by atoms with E-state index in [-0.39, 0.29) is 4.90 Å². The highest BCUT2D eigenvalue weighted by molar-refractivity contribution is 7.92. The van der Waals surface area contributed by atoms with Gasteiger partial charge in [-0.15, -0.1) is 6.58 Å². The van der Waals surface area contributed by atoms with E-state index in [1.807, 2.05) is 31.2 Å². The van der Waals surface area contributed by atoms with Crippen LogP contribution < -0.4 is 4.72 Å². The van der Waals surface area contributed by atoms with Gasteiger partial charge in [0.15, 0.2) is 0 Å². The van der Waals surface area contributed by atoms with Gasteiger partial charge in [-0.1, -0.05) is 42.0 Å². The van der Waals surface area contributed by atoms with Gasteiger partial charge >= 0.3 is 0 Å². The molecule has 0 aliphatic rings. The van der Waals surface area contributed by atoms with Gasteiger partial charge in [0.1, 0.15) is 0 Å². The first-order chi connectivity index (χ1) is 10.0. The van der Waals surface area contributed by atoms with Crippen molar-refractivity contribution in [3.05, 3.63) is 72.3 Å². The number of para-hydroxylation sites is 1. The number of allylic oxidation sites excluding steroid dienone is 1. The van der Waals surface area contributed by atoms with Crippen LogP contribution in [0.4, 0.5) is 5.69 Å². The van der Waals surface area contributed by atoms with Gasteiger partial charge in [-0.25, -0.2) is 8.42 Å². The topological polar surface area (TPSA) is 46.2 Å². The minimum absolute atomic E-state index is 0.270. The summed E-state index contributed by atoms with van der Waals surface area (Å²) in [6.45, 7) is 5.62. The molecule has 0 amide bonds. The van der Waals surface area contributed by atoms with Crippen molar-refractivity contribution in [2.24, 2.45) is 0 Å². The highest BCUT2D eigenvalue weighted by Crippen LogP contribution is 2.21. The molecule has 21 heavy (non-hydrogen) atoms. The second kappa shape index (κ2) is 6.59. The van der Waals surface area contributed by atoms with Crippen molar-refractivity contribution in [1.29, 1.82) is 0 Å². The molecule has 0 fully saturated rings. The summed E-state index contributed by atoms with van der Waals surface area (Å²) in [5.41, 5.74) is 2.62. The normalized spacial score (nSPS) is 11.1. The van der Waals surface area contributed by atoms with Crippen LogP contribution in [0.1, 0.15) is 17.5 Å². The van der Waals surface area contributed by atoms with Crippen molar-refractivity contribution < 1.29 is 8.42 Å². The Hall–Kier alpha value is -2.07. The lowest BCUT2D eigenvalue weighted by Gasteiger charge is -2.12. The Labute approximate surface area is 126 Å². The predicted octanol–water partition coefficient (Wildman–Crippen LogP) is 3.91. The molecule has 0 heterocycles. The third-order valence-electron chi connectivity index (χ3n) is 3.21. The highest BCUT2D eigenvalue weighted by Gasteiger charge is 2.15. The first-order valence-corrected chi connectivity index (χ1v) is 8.29. The van der Waals surface area contributed by atoms with E-state index in [4.69, 9.17) is 0 Å². The molecule has 0 aliphatic heterocycles. The van der Waals surface area contributed by atoms with Gasteiger partial charge in [-0.2, -0.15) is 0 Å². The van der Waals surface area contributed by atoms with E-state index in [0.29, 0.717) is 5.69 Å². The third kappa shape index (κ3) is 3.95. The number of rotatable bonds is 6. The molecule has 3 nitrogen and oxygen atoms in total. The number of anilines is 1. The highest BCUT2D eigenvalue weighted by atomic mass is 32.2. The number of hydrogen-bond donors (Lipinski definition) is 1. The Balaban J connectivity index is 2.28. The molecule has 2 aromatic carbocycles. The molecule has 0 aromatic heterocycles. The molecule has 0 radical (unpaired) electrons. The average molecular weight is 301 g/mol. The summed E-state index contributed by atoms with van der Waals surface area (Å²) < 4.78 is 27.5. The van der Waals surface area contributed by atoms with Crippen molar-refractivity contribution in [3.8, 4) is 0 Å². The third-order valence-corrected chi connectivity index (χ3v) is 4.59. The maximum Gasteiger partial charge on any atom is 0.261 e. The van der Waals surface area contributed by atoms with E-state index in [0.717, 1.165) is 24.0 Å². The smallest absolute Gasteiger partial charge is 0.261 e. The van der Waals surface area contributed by atoms with Crippen LogP contribution in [0.25, 0.3) is 0 Å². The fourth-order valence-corrected chi connectivity index (χ4v) is 3.12. The van der Waals surface area contributed by atoms with Crippen molar-refractivity contribution in [1.82, 2.24) is 0 Å². The van der Waals surface area contributed by atoms with Crippen molar-refractivity contribution in [2.75, 3.05) is 4.72 Å². The molecular weight excluding hydrogens is 282 g/mol. The molecule has 0 saturated carbocycles. The number of hydrogen-bond acceptors (Lipinski definition) is 2. The number of aryl methyl sites for hydroxylation is 2. The molecule has 0 bridgehead atoms. The van der Waals surface area contributed by atoms with Gasteiger partial charge in [-0.3, -0.25) is 4.72 Å². The monoisotopic (exact) mass is 301 g/mol. The van der Waals surface area contributed by atoms with Crippen LogP contribution in [0.15, 0.2) is 66.1 Å². The molecule has 2 aromatic rings. The average Bonchev–Trinajstić information content (AvgIpc) is 2.46. The van der Waals surface area contributed by atoms with Crippen LogP contribution >= 0.6 is 0 Å². The number of nitrogens with one attached hydrogen (secondary N) is 1. The van der Waals surface area contributed by atoms with Crippen molar-refractivity contribution in [2.45, 2.75) is 24.7 Å². The van der Waals surface area contributed by atoms with E-state index in [2.05, 4.69) is 11.3 Å². The Morgan fingerprint density at radius 1 is 1.10 bits per heavy atom. The van der Waals surface area contributed by atoms with Crippen LogP contribution in [-0.4, -0.2) is 8.42 Å². The molecule has 4 heteroatoms. The lowest BCUT2D eigenvalue weighted by molar-refractivity contribution is 0.601. The van der Waals surface area contributed by atoms with Crippen molar-refractivity contribution >= 4 is 15.7 Å². The van der Waals surface area contributed by atoms with E-state index < -0.39 is 10.0 Å². The molecule has 1 N–H and O–H groups in total. The van der Waals surface area contributed by atoms with Gasteiger partial charge in [0, 0.05) is 0 Å². The molecule has 0 saturated heterocycles. The zero-order valence-electron chi connectivity index (χ0n) is 12.0. The van der Waals surface area contributed by atoms with Crippen LogP contribution in [0.2, 0.25) is 0 Å². The summed E-state index contributed by atoms with van der Waals surface area (Å²) in [4.78, 5) is 0.270. The van der Waals surface area contributed by atoms with Crippen LogP contribution in [-0.2, 0) is 16.4 Å². The summed E-state index contributed by atoms with van der Waals surface area (Å²) in [5.74, 6) is 0. The van der Waals surface area contributed by atoms with E-state index in [1.54, 1.807) is 30.3 Å². The largest absolute Gasteiger partial charge is 0.279 e. The first kappa shape index (κ1) is 15.3. The minimum atomic E-state index is -3.55. The quantitative estimate of drug-likeness (QED) is 0.822. The van der Waals surface area contributed by atoms with E-state index in [9.17, 15) is 8.42 Å². The summed E-state index contributed by atoms with van der Waals surface area (Å²) in [5, 5.41) is 0. The molecule has 0 atom stereocenters. The second-order valence-corrected chi connectivity index (χ2v) is 6.59. The molecule has 0 aliphatic carbocycles. The maximum atomic E-state index is 12.4. The second-order valence-electron chi connectivity index (χ2n) is 4.90. The van der Waals surface area contributed by atoms with Crippen LogP contribution in [0.3, 0.4) is 0 Å². The zero-order valence-corrected chi connectivity index (χ0v) is 12.9. The summed E-state index contributed by atoms with van der Waals surface area (Å²) in [6, 6.07) is 14.2. The summed E-state index contributed by atoms with van der Waals surface area (Å²) >= 11 is 0. The Bertz CT molecular complexity index is 719. The van der Waals surface area contributed by atoms with Gasteiger partial charge in [-0.05, 0) is 43.5 Å². The lowest BCUT2D eigenvalue weighted by atomic mass is 10.1. The van der Waals surface area contributed by atoms with Gasteiger partial charge in [0.2, 0.25) is 0 Å². The van der Waals surface area contributed by atoms with Gasteiger partial charge in [0.05, 0.1) is 10.6 Å². The Morgan fingerprint density at radius 2 is 1.76 bits per heavy atom. The fraction of sp³-hybridized carbons (Fsp3) is 0.176. The molecular formula is C17H19NO2S. The maximum absolute atomic E-state index is 12.4. The van der Waals surface area contributed by atoms with Crippen molar-refractivity contribution in [3.63, 3.8) is 0 Å². The lowest BCUT2D eigenvalue weighted by Crippen LogP contribution is -2.14. The SMILES string of the molecule is C=CCCc1ccccc1NS(=O)(=O)c1ccc(C)cc1. The Morgan fingerprint density at radius 3 is 2.43 bits per heavy atom. The van der Waals surface area contributed by atoms with Gasteiger partial charge < -0.3 is 0 Å². The summed E-state index contributed by atoms with van der Waals surface area (Å²) in [6.07, 6.45) is 3.39.